The molecular weight excluding hydrogens is 572 g/mol. The molecule has 0 saturated heterocycles. The molecule has 1 amide bonds. The lowest BCUT2D eigenvalue weighted by molar-refractivity contribution is -0.126. The van der Waals surface area contributed by atoms with Crippen molar-refractivity contribution in [2.45, 2.75) is 25.4 Å². The molecule has 8 heteroatoms. The first-order valence-electron chi connectivity index (χ1n) is 12.3. The number of hydrogen-bond donors (Lipinski definition) is 2. The van der Waals surface area contributed by atoms with E-state index >= 15 is 0 Å². The van der Waals surface area contributed by atoms with Crippen LogP contribution in [0.5, 0.6) is 11.5 Å². The number of fused-ring (bicyclic) bond motifs is 1. The van der Waals surface area contributed by atoms with Crippen LogP contribution in [0.15, 0.2) is 72.8 Å². The van der Waals surface area contributed by atoms with Crippen molar-refractivity contribution in [1.29, 1.82) is 0 Å². The summed E-state index contributed by atoms with van der Waals surface area (Å²) in [5.74, 6) is 1.27. The number of rotatable bonds is 13. The summed E-state index contributed by atoms with van der Waals surface area (Å²) in [6, 6.07) is 21.9. The van der Waals surface area contributed by atoms with E-state index in [4.69, 9.17) is 9.47 Å². The number of carbonyl (C=O) groups is 1. The Labute approximate surface area is 225 Å². The summed E-state index contributed by atoms with van der Waals surface area (Å²) in [5.41, 5.74) is 1.73. The van der Waals surface area contributed by atoms with Gasteiger partial charge in [0.2, 0.25) is 0 Å². The molecule has 190 valence electrons. The van der Waals surface area contributed by atoms with Crippen LogP contribution in [0.25, 0.3) is 0 Å². The van der Waals surface area contributed by atoms with E-state index in [-0.39, 0.29) is 11.7 Å². The summed E-state index contributed by atoms with van der Waals surface area (Å²) in [7, 11) is 0. The van der Waals surface area contributed by atoms with E-state index in [1.807, 2.05) is 53.4 Å². The Balaban J connectivity index is 1.19. The average molecular weight is 603 g/mol. The molecule has 2 N–H and O–H groups in total. The number of halogens is 2. The molecule has 0 fully saturated rings. The first-order valence-corrected chi connectivity index (χ1v) is 13.3. The highest BCUT2D eigenvalue weighted by Gasteiger charge is 2.33. The van der Waals surface area contributed by atoms with Crippen molar-refractivity contribution in [3.8, 4) is 11.5 Å². The number of ether oxygens (including phenoxy) is 2. The number of benzene rings is 3. The fourth-order valence-corrected chi connectivity index (χ4v) is 4.37. The van der Waals surface area contributed by atoms with Crippen molar-refractivity contribution < 1.29 is 18.7 Å². The van der Waals surface area contributed by atoms with E-state index in [2.05, 4.69) is 33.2 Å². The van der Waals surface area contributed by atoms with Crippen LogP contribution >= 0.6 is 22.6 Å². The Morgan fingerprint density at radius 1 is 0.944 bits per heavy atom. The molecule has 1 aliphatic rings. The van der Waals surface area contributed by atoms with Crippen LogP contribution in [0.4, 0.5) is 15.8 Å². The molecule has 0 bridgehead atoms. The van der Waals surface area contributed by atoms with Gasteiger partial charge in [0.25, 0.3) is 5.91 Å². The van der Waals surface area contributed by atoms with Crippen molar-refractivity contribution in [3.63, 3.8) is 0 Å². The molecule has 1 heterocycles. The third kappa shape index (κ3) is 7.57. The summed E-state index contributed by atoms with van der Waals surface area (Å²) in [5, 5.41) is 6.67. The van der Waals surface area contributed by atoms with Gasteiger partial charge in [0.1, 0.15) is 17.3 Å². The number of nitrogens with one attached hydrogen (secondary N) is 2. The molecule has 36 heavy (non-hydrogen) atoms. The van der Waals surface area contributed by atoms with Crippen molar-refractivity contribution in [1.82, 2.24) is 5.32 Å². The maximum absolute atomic E-state index is 13.2. The van der Waals surface area contributed by atoms with Crippen molar-refractivity contribution in [2.24, 2.45) is 0 Å². The van der Waals surface area contributed by atoms with E-state index in [0.29, 0.717) is 19.6 Å². The summed E-state index contributed by atoms with van der Waals surface area (Å²) in [6.45, 7) is 3.47. The second kappa shape index (κ2) is 13.5. The predicted octanol–water partition coefficient (Wildman–Crippen LogP) is 5.48. The van der Waals surface area contributed by atoms with Crippen molar-refractivity contribution in [3.05, 3.63) is 82.2 Å². The number of para-hydroxylation sites is 2. The molecule has 1 aliphatic heterocycles. The zero-order valence-electron chi connectivity index (χ0n) is 20.1. The van der Waals surface area contributed by atoms with Gasteiger partial charge in [0.05, 0.1) is 12.3 Å². The Hall–Kier alpha value is -2.85. The zero-order chi connectivity index (χ0) is 25.2. The van der Waals surface area contributed by atoms with Crippen LogP contribution < -0.4 is 25.0 Å². The second-order valence-electron chi connectivity index (χ2n) is 8.55. The molecule has 0 radical (unpaired) electrons. The molecule has 1 atom stereocenters. The minimum Gasteiger partial charge on any atom is -0.493 e. The van der Waals surface area contributed by atoms with Crippen LogP contribution in [0.1, 0.15) is 19.3 Å². The van der Waals surface area contributed by atoms with Crippen LogP contribution in [-0.4, -0.2) is 44.8 Å². The van der Waals surface area contributed by atoms with Gasteiger partial charge in [-0.25, -0.2) is 4.39 Å². The number of nitrogens with zero attached hydrogens (tertiary/aromatic N) is 1. The van der Waals surface area contributed by atoms with Gasteiger partial charge in [-0.2, -0.15) is 0 Å². The predicted molar refractivity (Wildman–Crippen MR) is 149 cm³/mol. The number of carbonyl (C=O) groups excluding carboxylic acids is 1. The SMILES string of the molecule is O=C1C(CCOc2ccc(I)cc2)Oc2ccccc2N1CCCCNCCNc1ccc(F)cc1. The molecule has 3 aromatic carbocycles. The molecular formula is C28H31FIN3O3. The molecule has 0 aliphatic carbocycles. The smallest absolute Gasteiger partial charge is 0.268 e. The number of amides is 1. The summed E-state index contributed by atoms with van der Waals surface area (Å²) < 4.78 is 26.0. The van der Waals surface area contributed by atoms with Gasteiger partial charge in [-0.05, 0) is 103 Å². The molecule has 3 aromatic rings. The van der Waals surface area contributed by atoms with Gasteiger partial charge in [-0.1, -0.05) is 12.1 Å². The largest absolute Gasteiger partial charge is 0.493 e. The minimum absolute atomic E-state index is 0.0173. The summed E-state index contributed by atoms with van der Waals surface area (Å²) in [6.07, 6.45) is 1.76. The molecule has 0 saturated carbocycles. The number of hydrogen-bond acceptors (Lipinski definition) is 5. The van der Waals surface area contributed by atoms with Gasteiger partial charge in [-0.3, -0.25) is 4.79 Å². The van der Waals surface area contributed by atoms with Gasteiger partial charge in [0, 0.05) is 35.3 Å². The van der Waals surface area contributed by atoms with E-state index in [1.54, 1.807) is 12.1 Å². The highest BCUT2D eigenvalue weighted by atomic mass is 127. The van der Waals surface area contributed by atoms with Gasteiger partial charge >= 0.3 is 0 Å². The molecule has 4 rings (SSSR count). The summed E-state index contributed by atoms with van der Waals surface area (Å²) in [4.78, 5) is 15.1. The Bertz CT molecular complexity index is 1110. The normalized spacial score (nSPS) is 14.8. The number of unbranched alkanes of at least 4 members (excludes halogenated alkanes) is 1. The minimum atomic E-state index is -0.556. The van der Waals surface area contributed by atoms with E-state index < -0.39 is 6.10 Å². The molecule has 1 unspecified atom stereocenters. The highest BCUT2D eigenvalue weighted by molar-refractivity contribution is 14.1. The highest BCUT2D eigenvalue weighted by Crippen LogP contribution is 2.34. The standard InChI is InChI=1S/C28H31FIN3O3/c29-21-7-11-23(12-8-21)32-18-17-31-16-3-4-19-33-25-5-1-2-6-26(25)36-27(28(33)34)15-20-35-24-13-9-22(30)10-14-24/h1-2,5-14,27,31-32H,3-4,15-20H2. The topological polar surface area (TPSA) is 62.8 Å². The van der Waals surface area contributed by atoms with Gasteiger partial charge < -0.3 is 25.0 Å². The lowest BCUT2D eigenvalue weighted by Gasteiger charge is -2.34. The van der Waals surface area contributed by atoms with Crippen molar-refractivity contribution >= 4 is 39.9 Å². The Morgan fingerprint density at radius 3 is 2.53 bits per heavy atom. The second-order valence-corrected chi connectivity index (χ2v) is 9.79. The fourth-order valence-electron chi connectivity index (χ4n) is 4.01. The lowest BCUT2D eigenvalue weighted by atomic mass is 10.1. The van der Waals surface area contributed by atoms with Gasteiger partial charge in [0.15, 0.2) is 6.10 Å². The van der Waals surface area contributed by atoms with Gasteiger partial charge in [-0.15, -0.1) is 0 Å². The van der Waals surface area contributed by atoms with Crippen LogP contribution in [0, 0.1) is 9.39 Å². The third-order valence-corrected chi connectivity index (χ3v) is 6.61. The molecule has 0 spiro atoms. The first kappa shape index (κ1) is 26.2. The zero-order valence-corrected chi connectivity index (χ0v) is 22.2. The van der Waals surface area contributed by atoms with E-state index in [0.717, 1.165) is 58.9 Å². The van der Waals surface area contributed by atoms with E-state index in [1.165, 1.54) is 12.1 Å². The Kier molecular flexibility index (Phi) is 9.80. The maximum atomic E-state index is 13.2. The van der Waals surface area contributed by atoms with Crippen molar-refractivity contribution in [2.75, 3.05) is 43.0 Å². The van der Waals surface area contributed by atoms with E-state index in [9.17, 15) is 9.18 Å². The fraction of sp³-hybridized carbons (Fsp3) is 0.321. The first-order chi connectivity index (χ1) is 17.6. The maximum Gasteiger partial charge on any atom is 0.268 e. The Morgan fingerprint density at radius 2 is 1.72 bits per heavy atom. The van der Waals surface area contributed by atoms with Crippen LogP contribution in [0.3, 0.4) is 0 Å². The molecule has 6 nitrogen and oxygen atoms in total. The van der Waals surface area contributed by atoms with Crippen LogP contribution in [-0.2, 0) is 4.79 Å². The quantitative estimate of drug-likeness (QED) is 0.200. The third-order valence-electron chi connectivity index (χ3n) is 5.89. The monoisotopic (exact) mass is 603 g/mol. The number of anilines is 2. The summed E-state index contributed by atoms with van der Waals surface area (Å²) >= 11 is 2.26. The average Bonchev–Trinajstić information content (AvgIpc) is 2.89. The lowest BCUT2D eigenvalue weighted by Crippen LogP contribution is -2.47. The van der Waals surface area contributed by atoms with Crippen LogP contribution in [0.2, 0.25) is 0 Å². The molecule has 0 aromatic heterocycles.